The first-order chi connectivity index (χ1) is 10.1. The normalized spacial score (nSPS) is 25.1. The molecule has 1 atom stereocenters. The summed E-state index contributed by atoms with van der Waals surface area (Å²) < 4.78 is 5.13. The molecule has 0 aliphatic carbocycles. The summed E-state index contributed by atoms with van der Waals surface area (Å²) in [5.41, 5.74) is -0.715. The van der Waals surface area contributed by atoms with Gasteiger partial charge in [0.2, 0.25) is 5.89 Å². The van der Waals surface area contributed by atoms with Crippen LogP contribution < -0.4 is 5.32 Å². The Morgan fingerprint density at radius 3 is 3.05 bits per heavy atom. The lowest BCUT2D eigenvalue weighted by Gasteiger charge is -2.18. The van der Waals surface area contributed by atoms with Crippen molar-refractivity contribution in [2.24, 2.45) is 0 Å². The Balaban J connectivity index is 1.68. The first kappa shape index (κ1) is 14.4. The van der Waals surface area contributed by atoms with Gasteiger partial charge in [0.1, 0.15) is 12.1 Å². The van der Waals surface area contributed by atoms with E-state index < -0.39 is 5.54 Å². The number of carbonyl (C=O) groups is 2. The Morgan fingerprint density at radius 2 is 2.33 bits per heavy atom. The van der Waals surface area contributed by atoms with Crippen molar-refractivity contribution in [1.82, 2.24) is 20.4 Å². The Kier molecular flexibility index (Phi) is 3.88. The van der Waals surface area contributed by atoms with Gasteiger partial charge in [0, 0.05) is 12.2 Å². The number of hydrogen-bond acceptors (Lipinski definition) is 6. The molecule has 2 aliphatic rings. The van der Waals surface area contributed by atoms with Crippen molar-refractivity contribution in [3.8, 4) is 0 Å². The number of urea groups is 1. The Bertz CT molecular complexity index is 553. The van der Waals surface area contributed by atoms with E-state index in [1.807, 2.05) is 0 Å². The first-order valence-electron chi connectivity index (χ1n) is 7.18. The van der Waals surface area contributed by atoms with Crippen molar-refractivity contribution < 1.29 is 14.1 Å². The fraction of sp³-hybridized carbons (Fsp3) is 0.692. The zero-order valence-corrected chi connectivity index (χ0v) is 12.7. The molecule has 1 N–H and O–H groups in total. The summed E-state index contributed by atoms with van der Waals surface area (Å²) in [6.07, 6.45) is 3.48. The van der Waals surface area contributed by atoms with Crippen LogP contribution in [0.2, 0.25) is 0 Å². The number of nitrogens with one attached hydrogen (secondary N) is 1. The number of unbranched alkanes of at least 4 members (excludes halogenated alkanes) is 1. The molecule has 1 aromatic rings. The van der Waals surface area contributed by atoms with E-state index in [-0.39, 0.29) is 18.5 Å². The molecule has 2 saturated heterocycles. The van der Waals surface area contributed by atoms with Crippen molar-refractivity contribution in [3.05, 3.63) is 11.7 Å². The van der Waals surface area contributed by atoms with Crippen molar-refractivity contribution in [2.45, 2.75) is 44.7 Å². The van der Waals surface area contributed by atoms with Crippen LogP contribution in [0.1, 0.15) is 37.9 Å². The second kappa shape index (κ2) is 5.67. The molecule has 7 nitrogen and oxygen atoms in total. The van der Waals surface area contributed by atoms with Crippen LogP contribution in [-0.2, 0) is 17.8 Å². The predicted octanol–water partition coefficient (Wildman–Crippen LogP) is 1.34. The molecule has 1 spiro atoms. The van der Waals surface area contributed by atoms with Gasteiger partial charge in [-0.25, -0.2) is 4.79 Å². The Hall–Kier alpha value is -1.57. The van der Waals surface area contributed by atoms with Gasteiger partial charge < -0.3 is 9.84 Å². The predicted molar refractivity (Wildman–Crippen MR) is 76.7 cm³/mol. The second-order valence-corrected chi connectivity index (χ2v) is 6.52. The molecule has 0 radical (unpaired) electrons. The van der Waals surface area contributed by atoms with Crippen molar-refractivity contribution >= 4 is 23.7 Å². The van der Waals surface area contributed by atoms with Crippen LogP contribution in [0.4, 0.5) is 4.79 Å². The molecule has 0 bridgehead atoms. The van der Waals surface area contributed by atoms with Crippen molar-refractivity contribution in [2.75, 3.05) is 11.5 Å². The van der Waals surface area contributed by atoms with Crippen molar-refractivity contribution in [1.29, 1.82) is 0 Å². The minimum Gasteiger partial charge on any atom is -0.337 e. The highest BCUT2D eigenvalue weighted by atomic mass is 32.2. The molecule has 1 aromatic heterocycles. The molecular weight excluding hydrogens is 292 g/mol. The summed E-state index contributed by atoms with van der Waals surface area (Å²) in [6, 6.07) is -0.365. The van der Waals surface area contributed by atoms with E-state index in [9.17, 15) is 9.59 Å². The average Bonchev–Trinajstić information content (AvgIpc) is 3.15. The third-order valence-corrected chi connectivity index (χ3v) is 5.01. The summed E-state index contributed by atoms with van der Waals surface area (Å²) in [5, 5.41) is 6.69. The van der Waals surface area contributed by atoms with Gasteiger partial charge in [-0.15, -0.1) is 0 Å². The van der Waals surface area contributed by atoms with E-state index in [0.29, 0.717) is 23.9 Å². The summed E-state index contributed by atoms with van der Waals surface area (Å²) in [4.78, 5) is 29.9. The van der Waals surface area contributed by atoms with Gasteiger partial charge in [0.15, 0.2) is 5.82 Å². The van der Waals surface area contributed by atoms with E-state index >= 15 is 0 Å². The van der Waals surface area contributed by atoms with E-state index in [1.165, 1.54) is 4.90 Å². The minimum atomic E-state index is -0.715. The number of amides is 3. The highest BCUT2D eigenvalue weighted by molar-refractivity contribution is 7.99. The largest absolute Gasteiger partial charge is 0.337 e. The molecule has 114 valence electrons. The van der Waals surface area contributed by atoms with Gasteiger partial charge >= 0.3 is 6.03 Å². The fourth-order valence-electron chi connectivity index (χ4n) is 2.58. The van der Waals surface area contributed by atoms with Crippen molar-refractivity contribution in [3.63, 3.8) is 0 Å². The molecular formula is C13H18N4O3S. The van der Waals surface area contributed by atoms with Crippen LogP contribution in [-0.4, -0.2) is 44.0 Å². The molecule has 0 aromatic carbocycles. The van der Waals surface area contributed by atoms with E-state index in [1.54, 1.807) is 11.8 Å². The molecule has 21 heavy (non-hydrogen) atoms. The van der Waals surface area contributed by atoms with Gasteiger partial charge in [-0.05, 0) is 18.6 Å². The standard InChI is InChI=1S/C13H18N4O3S/c1-2-3-4-9-14-10(20-16-9)7-17-11(18)13(15-12(17)19)5-6-21-8-13/h2-8H2,1H3,(H,15,19)/t13-/m0/s1. The number of rotatable bonds is 5. The highest BCUT2D eigenvalue weighted by Crippen LogP contribution is 2.33. The van der Waals surface area contributed by atoms with Gasteiger partial charge in [-0.1, -0.05) is 18.5 Å². The molecule has 2 fully saturated rings. The summed E-state index contributed by atoms with van der Waals surface area (Å²) >= 11 is 1.68. The second-order valence-electron chi connectivity index (χ2n) is 5.41. The number of aryl methyl sites for hydroxylation is 1. The van der Waals surface area contributed by atoms with Crippen LogP contribution in [0, 0.1) is 0 Å². The zero-order valence-electron chi connectivity index (χ0n) is 11.9. The molecule has 3 heterocycles. The Labute approximate surface area is 126 Å². The molecule has 0 unspecified atom stereocenters. The monoisotopic (exact) mass is 310 g/mol. The summed E-state index contributed by atoms with van der Waals surface area (Å²) in [5.74, 6) is 2.30. The minimum absolute atomic E-state index is 0.0518. The lowest BCUT2D eigenvalue weighted by atomic mass is 9.99. The molecule has 0 saturated carbocycles. The Morgan fingerprint density at radius 1 is 1.48 bits per heavy atom. The molecule has 8 heteroatoms. The number of nitrogens with zero attached hydrogens (tertiary/aromatic N) is 3. The van der Waals surface area contributed by atoms with Gasteiger partial charge in [-0.2, -0.15) is 16.7 Å². The average molecular weight is 310 g/mol. The van der Waals surface area contributed by atoms with Gasteiger partial charge in [-0.3, -0.25) is 9.69 Å². The highest BCUT2D eigenvalue weighted by Gasteiger charge is 2.53. The number of thioether (sulfide) groups is 1. The maximum absolute atomic E-state index is 12.5. The van der Waals surface area contributed by atoms with Crippen LogP contribution in [0.3, 0.4) is 0 Å². The zero-order chi connectivity index (χ0) is 14.9. The van der Waals surface area contributed by atoms with Gasteiger partial charge in [0.05, 0.1) is 0 Å². The lowest BCUT2D eigenvalue weighted by molar-refractivity contribution is -0.131. The van der Waals surface area contributed by atoms with Crippen LogP contribution >= 0.6 is 11.8 Å². The summed E-state index contributed by atoms with van der Waals surface area (Å²) in [7, 11) is 0. The number of carbonyl (C=O) groups excluding carboxylic acids is 2. The molecule has 2 aliphatic heterocycles. The molecule has 3 amide bonds. The number of imide groups is 1. The number of hydrogen-bond donors (Lipinski definition) is 1. The van der Waals surface area contributed by atoms with E-state index in [2.05, 4.69) is 22.4 Å². The lowest BCUT2D eigenvalue weighted by Crippen LogP contribution is -2.46. The summed E-state index contributed by atoms with van der Waals surface area (Å²) in [6.45, 7) is 2.14. The van der Waals surface area contributed by atoms with Gasteiger partial charge in [0.25, 0.3) is 5.91 Å². The van der Waals surface area contributed by atoms with Crippen LogP contribution in [0.15, 0.2) is 4.52 Å². The fourth-order valence-corrected chi connectivity index (χ4v) is 3.90. The van der Waals surface area contributed by atoms with E-state index in [4.69, 9.17) is 4.52 Å². The quantitative estimate of drug-likeness (QED) is 0.826. The third kappa shape index (κ3) is 2.64. The maximum atomic E-state index is 12.5. The molecule has 3 rings (SSSR count). The topological polar surface area (TPSA) is 88.3 Å². The SMILES string of the molecule is CCCCc1noc(CN2C(=O)N[C@]3(CCSC3)C2=O)n1. The number of aromatic nitrogens is 2. The third-order valence-electron chi connectivity index (χ3n) is 3.82. The maximum Gasteiger partial charge on any atom is 0.325 e. The van der Waals surface area contributed by atoms with Crippen LogP contribution in [0.25, 0.3) is 0 Å². The van der Waals surface area contributed by atoms with Crippen LogP contribution in [0.5, 0.6) is 0 Å². The first-order valence-corrected chi connectivity index (χ1v) is 8.33. The van der Waals surface area contributed by atoms with E-state index in [0.717, 1.165) is 25.0 Å². The smallest absolute Gasteiger partial charge is 0.325 e.